The predicted octanol–water partition coefficient (Wildman–Crippen LogP) is 3.93. The van der Waals surface area contributed by atoms with Crippen LogP contribution in [0.5, 0.6) is 0 Å². The lowest BCUT2D eigenvalue weighted by Crippen LogP contribution is -2.40. The molecule has 1 aliphatic rings. The summed E-state index contributed by atoms with van der Waals surface area (Å²) in [6.45, 7) is 1.15. The average Bonchev–Trinajstić information content (AvgIpc) is 2.28. The number of nitrogens with one attached hydrogen (secondary N) is 1. The van der Waals surface area contributed by atoms with Crippen LogP contribution in [-0.2, 0) is 0 Å². The predicted molar refractivity (Wildman–Crippen MR) is 78.2 cm³/mol. The third-order valence-electron chi connectivity index (χ3n) is 3.44. The van der Waals surface area contributed by atoms with Crippen LogP contribution in [0.1, 0.15) is 30.7 Å². The smallest absolute Gasteiger partial charge is 0.0440 e. The van der Waals surface area contributed by atoms with E-state index in [-0.39, 0.29) is 0 Å². The molecule has 94 valence electrons. The molecule has 0 unspecified atom stereocenters. The van der Waals surface area contributed by atoms with Crippen molar-refractivity contribution in [3.63, 3.8) is 0 Å². The first-order valence-corrected chi connectivity index (χ1v) is 8.05. The molecule has 1 aromatic rings. The van der Waals surface area contributed by atoms with Gasteiger partial charge in [0.15, 0.2) is 0 Å². The van der Waals surface area contributed by atoms with Gasteiger partial charge in [-0.1, -0.05) is 29.8 Å². The minimum absolute atomic E-state index is 0.668. The van der Waals surface area contributed by atoms with Gasteiger partial charge in [-0.2, -0.15) is 11.8 Å². The molecule has 17 heavy (non-hydrogen) atoms. The summed E-state index contributed by atoms with van der Waals surface area (Å²) in [7, 11) is 0. The van der Waals surface area contributed by atoms with Crippen molar-refractivity contribution in [3.05, 3.63) is 34.9 Å². The molecule has 0 amide bonds. The van der Waals surface area contributed by atoms with Crippen molar-refractivity contribution in [2.24, 2.45) is 0 Å². The minimum atomic E-state index is 0.668. The van der Waals surface area contributed by atoms with Crippen LogP contribution in [0.4, 0.5) is 0 Å². The average molecular weight is 270 g/mol. The molecule has 0 bridgehead atoms. The Balaban J connectivity index is 1.70. The molecule has 0 atom stereocenters. The van der Waals surface area contributed by atoms with E-state index >= 15 is 0 Å². The monoisotopic (exact) mass is 269 g/mol. The molecule has 2 rings (SSSR count). The maximum atomic E-state index is 6.20. The molecule has 0 heterocycles. The quantitative estimate of drug-likeness (QED) is 0.786. The van der Waals surface area contributed by atoms with Crippen LogP contribution < -0.4 is 5.32 Å². The Hall–Kier alpha value is -0.180. The highest BCUT2D eigenvalue weighted by atomic mass is 35.5. The molecule has 0 aromatic heterocycles. The Kier molecular flexibility index (Phi) is 5.20. The summed E-state index contributed by atoms with van der Waals surface area (Å²) in [4.78, 5) is 0. The highest BCUT2D eigenvalue weighted by molar-refractivity contribution is 7.98. The van der Waals surface area contributed by atoms with Crippen molar-refractivity contribution in [1.82, 2.24) is 5.32 Å². The third kappa shape index (κ3) is 3.64. The van der Waals surface area contributed by atoms with Crippen LogP contribution >= 0.6 is 23.4 Å². The summed E-state index contributed by atoms with van der Waals surface area (Å²) in [5.41, 5.74) is 1.33. The SMILES string of the molecule is CSCCCNC1CC(c2ccccc2Cl)C1. The molecule has 1 saturated carbocycles. The van der Waals surface area contributed by atoms with Gasteiger partial charge in [-0.05, 0) is 55.4 Å². The Morgan fingerprint density at radius 3 is 2.82 bits per heavy atom. The van der Waals surface area contributed by atoms with Gasteiger partial charge in [0.25, 0.3) is 0 Å². The summed E-state index contributed by atoms with van der Waals surface area (Å²) >= 11 is 8.12. The number of halogens is 1. The standard InChI is InChI=1S/C14H20ClNS/c1-17-8-4-7-16-12-9-11(10-12)13-5-2-3-6-14(13)15/h2-3,5-6,11-12,16H,4,7-10H2,1H3. The summed E-state index contributed by atoms with van der Waals surface area (Å²) in [6, 6.07) is 8.95. The van der Waals surface area contributed by atoms with E-state index < -0.39 is 0 Å². The Labute approximate surface area is 113 Å². The molecule has 1 N–H and O–H groups in total. The molecular weight excluding hydrogens is 250 g/mol. The van der Waals surface area contributed by atoms with E-state index in [9.17, 15) is 0 Å². The first-order valence-electron chi connectivity index (χ1n) is 6.28. The van der Waals surface area contributed by atoms with Gasteiger partial charge >= 0.3 is 0 Å². The fourth-order valence-electron chi connectivity index (χ4n) is 2.37. The van der Waals surface area contributed by atoms with Crippen LogP contribution in [0.15, 0.2) is 24.3 Å². The second kappa shape index (κ2) is 6.67. The van der Waals surface area contributed by atoms with Gasteiger partial charge in [0.2, 0.25) is 0 Å². The molecule has 1 aromatic carbocycles. The molecule has 0 aliphatic heterocycles. The number of benzene rings is 1. The number of rotatable bonds is 6. The van der Waals surface area contributed by atoms with E-state index in [0.29, 0.717) is 12.0 Å². The fourth-order valence-corrected chi connectivity index (χ4v) is 3.09. The zero-order valence-electron chi connectivity index (χ0n) is 10.3. The Bertz CT molecular complexity index is 350. The van der Waals surface area contributed by atoms with Gasteiger partial charge in [0.05, 0.1) is 0 Å². The van der Waals surface area contributed by atoms with Gasteiger partial charge < -0.3 is 5.32 Å². The summed E-state index contributed by atoms with van der Waals surface area (Å²) in [5.74, 6) is 1.93. The second-order valence-corrected chi connectivity index (χ2v) is 6.08. The molecule has 1 aliphatic carbocycles. The zero-order valence-corrected chi connectivity index (χ0v) is 11.9. The van der Waals surface area contributed by atoms with Gasteiger partial charge in [-0.25, -0.2) is 0 Å². The van der Waals surface area contributed by atoms with Gasteiger partial charge in [-0.15, -0.1) is 0 Å². The third-order valence-corrected chi connectivity index (χ3v) is 4.48. The fraction of sp³-hybridized carbons (Fsp3) is 0.571. The van der Waals surface area contributed by atoms with Crippen LogP contribution in [0.3, 0.4) is 0 Å². The molecule has 1 nitrogen and oxygen atoms in total. The summed E-state index contributed by atoms with van der Waals surface area (Å²) in [6.07, 6.45) is 5.91. The van der Waals surface area contributed by atoms with Crippen LogP contribution in [0.25, 0.3) is 0 Å². The highest BCUT2D eigenvalue weighted by Gasteiger charge is 2.30. The van der Waals surface area contributed by atoms with Crippen molar-refractivity contribution >= 4 is 23.4 Å². The zero-order chi connectivity index (χ0) is 12.1. The van der Waals surface area contributed by atoms with Crippen molar-refractivity contribution in [2.45, 2.75) is 31.2 Å². The first kappa shape index (κ1) is 13.3. The Morgan fingerprint density at radius 2 is 2.12 bits per heavy atom. The van der Waals surface area contributed by atoms with Crippen molar-refractivity contribution < 1.29 is 0 Å². The molecule has 3 heteroatoms. The van der Waals surface area contributed by atoms with Crippen LogP contribution in [0.2, 0.25) is 5.02 Å². The molecule has 1 fully saturated rings. The van der Waals surface area contributed by atoms with Crippen molar-refractivity contribution in [2.75, 3.05) is 18.6 Å². The van der Waals surface area contributed by atoms with Crippen LogP contribution in [0, 0.1) is 0 Å². The normalized spacial score (nSPS) is 23.4. The lowest BCUT2D eigenvalue weighted by atomic mass is 9.76. The largest absolute Gasteiger partial charge is 0.314 e. The second-order valence-electron chi connectivity index (χ2n) is 4.69. The highest BCUT2D eigenvalue weighted by Crippen LogP contribution is 2.39. The molecule has 0 spiro atoms. The lowest BCUT2D eigenvalue weighted by Gasteiger charge is -2.36. The number of hydrogen-bond donors (Lipinski definition) is 1. The first-order chi connectivity index (χ1) is 8.31. The summed E-state index contributed by atoms with van der Waals surface area (Å²) in [5, 5.41) is 4.55. The van der Waals surface area contributed by atoms with E-state index in [1.54, 1.807) is 0 Å². The molecular formula is C14H20ClNS. The topological polar surface area (TPSA) is 12.0 Å². The minimum Gasteiger partial charge on any atom is -0.314 e. The number of hydrogen-bond acceptors (Lipinski definition) is 2. The maximum Gasteiger partial charge on any atom is 0.0440 e. The van der Waals surface area contributed by atoms with Crippen LogP contribution in [-0.4, -0.2) is 24.6 Å². The molecule has 0 saturated heterocycles. The van der Waals surface area contributed by atoms with E-state index in [1.165, 1.54) is 30.6 Å². The van der Waals surface area contributed by atoms with Gasteiger partial charge in [0.1, 0.15) is 0 Å². The lowest BCUT2D eigenvalue weighted by molar-refractivity contribution is 0.292. The van der Waals surface area contributed by atoms with Crippen molar-refractivity contribution in [3.8, 4) is 0 Å². The Morgan fingerprint density at radius 1 is 1.35 bits per heavy atom. The maximum absolute atomic E-state index is 6.20. The van der Waals surface area contributed by atoms with E-state index in [0.717, 1.165) is 11.6 Å². The van der Waals surface area contributed by atoms with Gasteiger partial charge in [0, 0.05) is 11.1 Å². The van der Waals surface area contributed by atoms with E-state index in [4.69, 9.17) is 11.6 Å². The number of thioether (sulfide) groups is 1. The van der Waals surface area contributed by atoms with E-state index in [1.807, 2.05) is 23.9 Å². The molecule has 0 radical (unpaired) electrons. The van der Waals surface area contributed by atoms with Gasteiger partial charge in [-0.3, -0.25) is 0 Å². The van der Waals surface area contributed by atoms with E-state index in [2.05, 4.69) is 23.7 Å². The summed E-state index contributed by atoms with van der Waals surface area (Å²) < 4.78 is 0. The van der Waals surface area contributed by atoms with Crippen molar-refractivity contribution in [1.29, 1.82) is 0 Å².